The van der Waals surface area contributed by atoms with Crippen molar-refractivity contribution in [1.82, 2.24) is 25.1 Å². The van der Waals surface area contributed by atoms with E-state index in [1.807, 2.05) is 25.1 Å². The first-order valence-electron chi connectivity index (χ1n) is 9.31. The lowest BCUT2D eigenvalue weighted by Gasteiger charge is -2.36. The lowest BCUT2D eigenvalue weighted by atomic mass is 10.1. The van der Waals surface area contributed by atoms with Gasteiger partial charge in [0.25, 0.3) is 0 Å². The number of aromatic amines is 1. The molecular weight excluding hydrogens is 346 g/mol. The molecule has 1 atom stereocenters. The molecule has 0 bridgehead atoms. The molecule has 2 fully saturated rings. The Kier molecular flexibility index (Phi) is 4.55. The van der Waals surface area contributed by atoms with Gasteiger partial charge in [0.15, 0.2) is 0 Å². The van der Waals surface area contributed by atoms with E-state index in [9.17, 15) is 14.4 Å². The van der Waals surface area contributed by atoms with E-state index in [1.54, 1.807) is 9.80 Å². The maximum absolute atomic E-state index is 12.6. The summed E-state index contributed by atoms with van der Waals surface area (Å²) in [5.74, 6) is 0.819. The molecule has 2 saturated heterocycles. The van der Waals surface area contributed by atoms with Gasteiger partial charge in [0.2, 0.25) is 17.7 Å². The fourth-order valence-corrected chi connectivity index (χ4v) is 3.78. The largest absolute Gasteiger partial charge is 0.344 e. The zero-order chi connectivity index (χ0) is 19.0. The van der Waals surface area contributed by atoms with E-state index in [0.717, 1.165) is 22.4 Å². The molecule has 27 heavy (non-hydrogen) atoms. The van der Waals surface area contributed by atoms with Gasteiger partial charge >= 0.3 is 0 Å². The van der Waals surface area contributed by atoms with Crippen LogP contribution in [0.5, 0.6) is 0 Å². The summed E-state index contributed by atoms with van der Waals surface area (Å²) in [5.41, 5.74) is 2.78. The van der Waals surface area contributed by atoms with Crippen LogP contribution in [0.25, 0.3) is 11.0 Å². The first kappa shape index (κ1) is 17.5. The molecule has 2 aliphatic heterocycles. The molecule has 8 heteroatoms. The van der Waals surface area contributed by atoms with Crippen LogP contribution in [0.1, 0.15) is 24.2 Å². The maximum atomic E-state index is 12.6. The quantitative estimate of drug-likeness (QED) is 0.816. The highest BCUT2D eigenvalue weighted by Gasteiger charge is 2.32. The number of aromatic nitrogens is 2. The summed E-state index contributed by atoms with van der Waals surface area (Å²) in [6.45, 7) is 3.97. The summed E-state index contributed by atoms with van der Waals surface area (Å²) in [4.78, 5) is 47.5. The van der Waals surface area contributed by atoms with Gasteiger partial charge < -0.3 is 20.1 Å². The lowest BCUT2D eigenvalue weighted by molar-refractivity contribution is -0.140. The fourth-order valence-electron chi connectivity index (χ4n) is 3.78. The van der Waals surface area contributed by atoms with Gasteiger partial charge in [0.1, 0.15) is 11.9 Å². The third-order valence-corrected chi connectivity index (χ3v) is 5.26. The molecule has 0 saturated carbocycles. The van der Waals surface area contributed by atoms with E-state index in [4.69, 9.17) is 0 Å². The van der Waals surface area contributed by atoms with E-state index in [-0.39, 0.29) is 17.7 Å². The Morgan fingerprint density at radius 1 is 1.19 bits per heavy atom. The molecule has 1 aromatic heterocycles. The number of imidazole rings is 1. The number of rotatable bonds is 3. The Bertz CT molecular complexity index is 898. The number of H-pyrrole nitrogens is 1. The van der Waals surface area contributed by atoms with Crippen molar-refractivity contribution >= 4 is 28.8 Å². The molecule has 0 spiro atoms. The molecule has 8 nitrogen and oxygen atoms in total. The first-order chi connectivity index (χ1) is 13.0. The summed E-state index contributed by atoms with van der Waals surface area (Å²) >= 11 is 0. The molecule has 2 aromatic rings. The SMILES string of the molecule is Cc1nc2ccc(CC(=O)N3CCN(C(=O)C4CCC(=O)N4)CC3)cc2[nH]1. The van der Waals surface area contributed by atoms with Crippen molar-refractivity contribution in [2.45, 2.75) is 32.2 Å². The van der Waals surface area contributed by atoms with Gasteiger partial charge in [-0.1, -0.05) is 6.07 Å². The second-order valence-electron chi connectivity index (χ2n) is 7.22. The van der Waals surface area contributed by atoms with Crippen LogP contribution in [-0.2, 0) is 20.8 Å². The predicted molar refractivity (Wildman–Crippen MR) is 98.9 cm³/mol. The predicted octanol–water partition coefficient (Wildman–Crippen LogP) is 0.363. The number of hydrogen-bond donors (Lipinski definition) is 2. The van der Waals surface area contributed by atoms with Crippen LogP contribution in [0.4, 0.5) is 0 Å². The first-order valence-corrected chi connectivity index (χ1v) is 9.31. The van der Waals surface area contributed by atoms with Crippen LogP contribution in [0.15, 0.2) is 18.2 Å². The van der Waals surface area contributed by atoms with Gasteiger partial charge in [-0.25, -0.2) is 4.98 Å². The molecule has 4 rings (SSSR count). The topological polar surface area (TPSA) is 98.4 Å². The van der Waals surface area contributed by atoms with Gasteiger partial charge in [0, 0.05) is 32.6 Å². The second kappa shape index (κ2) is 7.02. The van der Waals surface area contributed by atoms with Crippen LogP contribution in [-0.4, -0.2) is 69.7 Å². The van der Waals surface area contributed by atoms with Gasteiger partial charge in [-0.3, -0.25) is 14.4 Å². The minimum absolute atomic E-state index is 0.0342. The summed E-state index contributed by atoms with van der Waals surface area (Å²) in [6.07, 6.45) is 1.31. The van der Waals surface area contributed by atoms with E-state index in [2.05, 4.69) is 15.3 Å². The normalized spacial score (nSPS) is 20.2. The molecule has 0 aliphatic carbocycles. The number of nitrogens with zero attached hydrogens (tertiary/aromatic N) is 3. The third kappa shape index (κ3) is 3.65. The Morgan fingerprint density at radius 2 is 1.93 bits per heavy atom. The van der Waals surface area contributed by atoms with Crippen molar-refractivity contribution in [3.05, 3.63) is 29.6 Å². The van der Waals surface area contributed by atoms with Crippen LogP contribution in [0, 0.1) is 6.92 Å². The van der Waals surface area contributed by atoms with Gasteiger partial charge in [0.05, 0.1) is 17.5 Å². The highest BCUT2D eigenvalue weighted by atomic mass is 16.2. The summed E-state index contributed by atoms with van der Waals surface area (Å²) in [6, 6.07) is 5.43. The molecule has 0 radical (unpaired) electrons. The van der Waals surface area contributed by atoms with E-state index in [1.165, 1.54) is 0 Å². The fraction of sp³-hybridized carbons (Fsp3) is 0.474. The third-order valence-electron chi connectivity index (χ3n) is 5.26. The van der Waals surface area contributed by atoms with Crippen molar-refractivity contribution in [1.29, 1.82) is 0 Å². The Morgan fingerprint density at radius 3 is 2.63 bits per heavy atom. The molecular formula is C19H23N5O3. The lowest BCUT2D eigenvalue weighted by Crippen LogP contribution is -2.54. The Labute approximate surface area is 156 Å². The number of aryl methyl sites for hydroxylation is 1. The van der Waals surface area contributed by atoms with Crippen molar-refractivity contribution < 1.29 is 14.4 Å². The average molecular weight is 369 g/mol. The molecule has 1 unspecified atom stereocenters. The number of fused-ring (bicyclic) bond motifs is 1. The molecule has 1 aromatic carbocycles. The van der Waals surface area contributed by atoms with Gasteiger partial charge in [-0.05, 0) is 31.0 Å². The standard InChI is InChI=1S/C19H23N5O3/c1-12-20-14-3-2-13(10-16(14)21-12)11-18(26)23-6-8-24(9-7-23)19(27)15-4-5-17(25)22-15/h2-3,10,15H,4-9,11H2,1H3,(H,20,21)(H,22,25). The number of piperazine rings is 1. The van der Waals surface area contributed by atoms with Crippen molar-refractivity contribution in [3.63, 3.8) is 0 Å². The van der Waals surface area contributed by atoms with Gasteiger partial charge in [-0.15, -0.1) is 0 Å². The average Bonchev–Trinajstić information content (AvgIpc) is 3.25. The highest BCUT2D eigenvalue weighted by Crippen LogP contribution is 2.16. The zero-order valence-corrected chi connectivity index (χ0v) is 15.3. The minimum Gasteiger partial charge on any atom is -0.344 e. The van der Waals surface area contributed by atoms with Crippen LogP contribution in [0.2, 0.25) is 0 Å². The number of benzene rings is 1. The van der Waals surface area contributed by atoms with Crippen molar-refractivity contribution in [2.75, 3.05) is 26.2 Å². The number of carbonyl (C=O) groups is 3. The summed E-state index contributed by atoms with van der Waals surface area (Å²) < 4.78 is 0. The summed E-state index contributed by atoms with van der Waals surface area (Å²) in [7, 11) is 0. The van der Waals surface area contributed by atoms with E-state index in [0.29, 0.717) is 45.4 Å². The van der Waals surface area contributed by atoms with E-state index >= 15 is 0 Å². The van der Waals surface area contributed by atoms with Crippen LogP contribution >= 0.6 is 0 Å². The Hall–Kier alpha value is -2.90. The highest BCUT2D eigenvalue weighted by molar-refractivity contribution is 5.91. The molecule has 3 heterocycles. The number of amides is 3. The Balaban J connectivity index is 1.32. The molecule has 3 amide bonds. The number of carbonyl (C=O) groups excluding carboxylic acids is 3. The number of hydrogen-bond acceptors (Lipinski definition) is 4. The molecule has 142 valence electrons. The molecule has 2 aliphatic rings. The monoisotopic (exact) mass is 369 g/mol. The van der Waals surface area contributed by atoms with Crippen LogP contribution < -0.4 is 5.32 Å². The number of nitrogens with one attached hydrogen (secondary N) is 2. The van der Waals surface area contributed by atoms with Crippen molar-refractivity contribution in [2.24, 2.45) is 0 Å². The maximum Gasteiger partial charge on any atom is 0.245 e. The van der Waals surface area contributed by atoms with Crippen LogP contribution in [0.3, 0.4) is 0 Å². The zero-order valence-electron chi connectivity index (χ0n) is 15.3. The smallest absolute Gasteiger partial charge is 0.245 e. The summed E-state index contributed by atoms with van der Waals surface area (Å²) in [5, 5.41) is 2.72. The minimum atomic E-state index is -0.399. The second-order valence-corrected chi connectivity index (χ2v) is 7.22. The van der Waals surface area contributed by atoms with E-state index < -0.39 is 6.04 Å². The van der Waals surface area contributed by atoms with Crippen molar-refractivity contribution in [3.8, 4) is 0 Å². The molecule has 2 N–H and O–H groups in total. The van der Waals surface area contributed by atoms with Gasteiger partial charge in [-0.2, -0.15) is 0 Å².